The van der Waals surface area contributed by atoms with E-state index in [0.29, 0.717) is 5.92 Å². The van der Waals surface area contributed by atoms with Crippen LogP contribution in [0.1, 0.15) is 36.4 Å². The third kappa shape index (κ3) is 4.30. The number of hydrogen-bond donors (Lipinski definition) is 1. The van der Waals surface area contributed by atoms with Crippen LogP contribution in [0.15, 0.2) is 24.3 Å². The van der Waals surface area contributed by atoms with Gasteiger partial charge in [-0.1, -0.05) is 24.3 Å². The summed E-state index contributed by atoms with van der Waals surface area (Å²) >= 11 is 0. The normalized spacial score (nSPS) is 21.9. The van der Waals surface area contributed by atoms with Crippen molar-refractivity contribution in [3.63, 3.8) is 0 Å². The van der Waals surface area contributed by atoms with Crippen LogP contribution in [0, 0.1) is 12.8 Å². The molecular weight excluding hydrogens is 248 g/mol. The van der Waals surface area contributed by atoms with Crippen molar-refractivity contribution in [2.75, 3.05) is 33.4 Å². The zero-order valence-corrected chi connectivity index (χ0v) is 12.8. The first-order valence-electron chi connectivity index (χ1n) is 7.73. The van der Waals surface area contributed by atoms with Crippen molar-refractivity contribution in [1.82, 2.24) is 4.90 Å². The van der Waals surface area contributed by atoms with Gasteiger partial charge in [0.25, 0.3) is 0 Å². The molecule has 1 heterocycles. The fourth-order valence-corrected chi connectivity index (χ4v) is 3.21. The molecule has 1 aliphatic rings. The largest absolute Gasteiger partial charge is 0.384 e. The smallest absolute Gasteiger partial charge is 0.0502 e. The van der Waals surface area contributed by atoms with E-state index >= 15 is 0 Å². The van der Waals surface area contributed by atoms with E-state index in [0.717, 1.165) is 26.1 Å². The molecule has 0 spiro atoms. The predicted octanol–water partition coefficient (Wildman–Crippen LogP) is 2.74. The molecule has 1 aliphatic heterocycles. The first-order chi connectivity index (χ1) is 9.70. The summed E-state index contributed by atoms with van der Waals surface area (Å²) in [7, 11) is 1.80. The Morgan fingerprint density at radius 2 is 2.20 bits per heavy atom. The summed E-state index contributed by atoms with van der Waals surface area (Å²) in [6.45, 7) is 6.50. The molecule has 0 aliphatic carbocycles. The fourth-order valence-electron chi connectivity index (χ4n) is 3.21. The number of piperidine rings is 1. The highest BCUT2D eigenvalue weighted by Gasteiger charge is 2.20. The number of nitrogens with two attached hydrogens (primary N) is 1. The van der Waals surface area contributed by atoms with Crippen molar-refractivity contribution >= 4 is 0 Å². The zero-order valence-electron chi connectivity index (χ0n) is 12.8. The van der Waals surface area contributed by atoms with E-state index in [9.17, 15) is 0 Å². The number of methoxy groups -OCH3 is 1. The van der Waals surface area contributed by atoms with Gasteiger partial charge in [-0.3, -0.25) is 0 Å². The number of nitrogens with zero attached hydrogens (tertiary/aromatic N) is 1. The van der Waals surface area contributed by atoms with Crippen molar-refractivity contribution in [1.29, 1.82) is 0 Å². The van der Waals surface area contributed by atoms with Crippen LogP contribution < -0.4 is 5.73 Å². The Balaban J connectivity index is 1.81. The van der Waals surface area contributed by atoms with Gasteiger partial charge in [-0.2, -0.15) is 0 Å². The van der Waals surface area contributed by atoms with E-state index in [1.807, 2.05) is 0 Å². The second-order valence-corrected chi connectivity index (χ2v) is 6.02. The van der Waals surface area contributed by atoms with Crippen molar-refractivity contribution in [3.05, 3.63) is 35.4 Å². The standard InChI is InChI=1S/C17H28N2O/c1-14-6-3-4-8-16(14)17(18)9-11-19-10-5-7-15(12-19)13-20-2/h3-4,6,8,15,17H,5,7,9-13,18H2,1-2H3. The average molecular weight is 276 g/mol. The summed E-state index contributed by atoms with van der Waals surface area (Å²) in [4.78, 5) is 2.55. The molecule has 0 bridgehead atoms. The van der Waals surface area contributed by atoms with Crippen molar-refractivity contribution in [2.45, 2.75) is 32.2 Å². The second-order valence-electron chi connectivity index (χ2n) is 6.02. The Kier molecular flexibility index (Phi) is 6.02. The maximum Gasteiger partial charge on any atom is 0.0502 e. The molecule has 2 unspecified atom stereocenters. The second kappa shape index (κ2) is 7.77. The van der Waals surface area contributed by atoms with Crippen molar-refractivity contribution in [2.24, 2.45) is 11.7 Å². The molecule has 3 nitrogen and oxygen atoms in total. The molecule has 2 atom stereocenters. The first kappa shape index (κ1) is 15.5. The number of ether oxygens (including phenoxy) is 1. The van der Waals surface area contributed by atoms with Gasteiger partial charge in [-0.05, 0) is 56.3 Å². The number of likely N-dealkylation sites (tertiary alicyclic amines) is 1. The van der Waals surface area contributed by atoms with E-state index in [1.165, 1.54) is 30.5 Å². The highest BCUT2D eigenvalue weighted by atomic mass is 16.5. The molecule has 3 heteroatoms. The molecule has 2 N–H and O–H groups in total. The molecule has 1 aromatic rings. The molecular formula is C17H28N2O. The molecule has 0 amide bonds. The zero-order chi connectivity index (χ0) is 14.4. The monoisotopic (exact) mass is 276 g/mol. The summed E-state index contributed by atoms with van der Waals surface area (Å²) in [5.41, 5.74) is 8.95. The molecule has 0 aromatic heterocycles. The van der Waals surface area contributed by atoms with Crippen LogP contribution >= 0.6 is 0 Å². The van der Waals surface area contributed by atoms with Gasteiger partial charge in [0.1, 0.15) is 0 Å². The van der Waals surface area contributed by atoms with Crippen LogP contribution in [0.25, 0.3) is 0 Å². The Bertz CT molecular complexity index is 406. The third-order valence-corrected chi connectivity index (χ3v) is 4.35. The van der Waals surface area contributed by atoms with E-state index in [4.69, 9.17) is 10.5 Å². The SMILES string of the molecule is COCC1CCCN(CCC(N)c2ccccc2C)C1. The maximum atomic E-state index is 6.35. The Labute approximate surface area is 123 Å². The summed E-state index contributed by atoms with van der Waals surface area (Å²) in [6, 6.07) is 8.61. The topological polar surface area (TPSA) is 38.5 Å². The first-order valence-corrected chi connectivity index (χ1v) is 7.73. The number of hydrogen-bond acceptors (Lipinski definition) is 3. The lowest BCUT2D eigenvalue weighted by molar-refractivity contribution is 0.0892. The third-order valence-electron chi connectivity index (χ3n) is 4.35. The van der Waals surface area contributed by atoms with Crippen LogP contribution in [0.5, 0.6) is 0 Å². The Hall–Kier alpha value is -0.900. The highest BCUT2D eigenvalue weighted by molar-refractivity contribution is 5.28. The van der Waals surface area contributed by atoms with Gasteiger partial charge in [0, 0.05) is 19.7 Å². The van der Waals surface area contributed by atoms with E-state index in [-0.39, 0.29) is 6.04 Å². The van der Waals surface area contributed by atoms with E-state index in [1.54, 1.807) is 7.11 Å². The molecule has 1 aromatic carbocycles. The molecule has 0 saturated carbocycles. The average Bonchev–Trinajstić information content (AvgIpc) is 2.46. The fraction of sp³-hybridized carbons (Fsp3) is 0.647. The van der Waals surface area contributed by atoms with Crippen LogP contribution in [0.4, 0.5) is 0 Å². The van der Waals surface area contributed by atoms with Gasteiger partial charge in [0.15, 0.2) is 0 Å². The Morgan fingerprint density at radius 3 is 2.95 bits per heavy atom. The lowest BCUT2D eigenvalue weighted by Gasteiger charge is -2.33. The van der Waals surface area contributed by atoms with E-state index in [2.05, 4.69) is 36.1 Å². The van der Waals surface area contributed by atoms with Gasteiger partial charge in [-0.15, -0.1) is 0 Å². The number of rotatable bonds is 6. The summed E-state index contributed by atoms with van der Waals surface area (Å²) in [5, 5.41) is 0. The molecule has 1 fully saturated rings. The quantitative estimate of drug-likeness (QED) is 0.868. The highest BCUT2D eigenvalue weighted by Crippen LogP contribution is 2.21. The van der Waals surface area contributed by atoms with Gasteiger partial charge >= 0.3 is 0 Å². The van der Waals surface area contributed by atoms with Crippen LogP contribution in [0.2, 0.25) is 0 Å². The van der Waals surface area contributed by atoms with Gasteiger partial charge in [0.2, 0.25) is 0 Å². The van der Waals surface area contributed by atoms with E-state index < -0.39 is 0 Å². The molecule has 20 heavy (non-hydrogen) atoms. The lowest BCUT2D eigenvalue weighted by atomic mass is 9.96. The lowest BCUT2D eigenvalue weighted by Crippen LogP contribution is -2.38. The summed E-state index contributed by atoms with van der Waals surface area (Å²) in [6.07, 6.45) is 3.62. The number of aryl methyl sites for hydroxylation is 1. The predicted molar refractivity (Wildman–Crippen MR) is 83.8 cm³/mol. The van der Waals surface area contributed by atoms with Gasteiger partial charge in [-0.25, -0.2) is 0 Å². The van der Waals surface area contributed by atoms with Crippen molar-refractivity contribution in [3.8, 4) is 0 Å². The summed E-state index contributed by atoms with van der Waals surface area (Å²) < 4.78 is 5.29. The maximum absolute atomic E-state index is 6.35. The minimum absolute atomic E-state index is 0.152. The minimum atomic E-state index is 0.152. The van der Waals surface area contributed by atoms with Gasteiger partial charge in [0.05, 0.1) is 6.61 Å². The minimum Gasteiger partial charge on any atom is -0.384 e. The van der Waals surface area contributed by atoms with Crippen molar-refractivity contribution < 1.29 is 4.74 Å². The molecule has 1 saturated heterocycles. The summed E-state index contributed by atoms with van der Waals surface area (Å²) in [5.74, 6) is 0.698. The Morgan fingerprint density at radius 1 is 1.40 bits per heavy atom. The van der Waals surface area contributed by atoms with Gasteiger partial charge < -0.3 is 15.4 Å². The van der Waals surface area contributed by atoms with Crippen LogP contribution in [0.3, 0.4) is 0 Å². The number of benzene rings is 1. The molecule has 0 radical (unpaired) electrons. The molecule has 112 valence electrons. The van der Waals surface area contributed by atoms with Crippen LogP contribution in [-0.2, 0) is 4.74 Å². The molecule has 2 rings (SSSR count). The van der Waals surface area contributed by atoms with Crippen LogP contribution in [-0.4, -0.2) is 38.3 Å².